The number of carbonyl (C=O) groups is 5. The van der Waals surface area contributed by atoms with Gasteiger partial charge in [-0.25, -0.2) is 9.80 Å². The largest absolute Gasteiger partial charge is 0.423 e. The maximum atomic E-state index is 13.8. The first-order valence-electron chi connectivity index (χ1n) is 13.3. The minimum absolute atomic E-state index is 0.0202. The van der Waals surface area contributed by atoms with Crippen LogP contribution in [-0.2, 0) is 9.59 Å². The molecule has 0 bridgehead atoms. The Morgan fingerprint density at radius 3 is 2.23 bits per heavy atom. The number of ketones is 1. The fourth-order valence-corrected chi connectivity index (χ4v) is 5.60. The molecule has 3 aromatic carbocycles. The zero-order valence-corrected chi connectivity index (χ0v) is 24.6. The number of imide groups is 1. The van der Waals surface area contributed by atoms with Crippen LogP contribution in [0.3, 0.4) is 0 Å². The van der Waals surface area contributed by atoms with Gasteiger partial charge in [-0.2, -0.15) is 5.01 Å². The quantitative estimate of drug-likeness (QED) is 0.0583. The second-order valence-electron chi connectivity index (χ2n) is 10.3. The number of hydrogen-bond donors (Lipinski definition) is 0. The minimum Gasteiger partial charge on any atom is -0.423 e. The highest BCUT2D eigenvalue weighted by Gasteiger charge is 2.52. The summed E-state index contributed by atoms with van der Waals surface area (Å²) >= 11 is 12.3. The predicted molar refractivity (Wildman–Crippen MR) is 158 cm³/mol. The molecule has 2 atom stereocenters. The number of halogens is 2. The monoisotopic (exact) mass is 635 g/mol. The summed E-state index contributed by atoms with van der Waals surface area (Å²) in [5, 5.41) is 12.7. The van der Waals surface area contributed by atoms with Gasteiger partial charge in [-0.05, 0) is 74.4 Å². The van der Waals surface area contributed by atoms with Crippen LogP contribution < -0.4 is 4.74 Å². The third-order valence-corrected chi connectivity index (χ3v) is 7.98. The molecule has 0 radical (unpaired) electrons. The maximum Gasteiger partial charge on any atom is 0.343 e. The first-order chi connectivity index (χ1) is 20.9. The van der Waals surface area contributed by atoms with Crippen molar-refractivity contribution >= 4 is 58.4 Å². The van der Waals surface area contributed by atoms with Crippen LogP contribution in [0, 0.1) is 22.0 Å². The summed E-state index contributed by atoms with van der Waals surface area (Å²) in [5.74, 6) is -4.59. The summed E-state index contributed by atoms with van der Waals surface area (Å²) < 4.78 is 5.30. The summed E-state index contributed by atoms with van der Waals surface area (Å²) in [5.41, 5.74) is 0.907. The molecule has 0 unspecified atom stereocenters. The lowest BCUT2D eigenvalue weighted by Gasteiger charge is -2.30. The van der Waals surface area contributed by atoms with Gasteiger partial charge in [-0.1, -0.05) is 34.9 Å². The molecule has 11 nitrogen and oxygen atoms in total. The normalized spacial score (nSPS) is 17.5. The summed E-state index contributed by atoms with van der Waals surface area (Å²) in [4.78, 5) is 76.8. The number of ether oxygens (including phenoxy) is 1. The van der Waals surface area contributed by atoms with Gasteiger partial charge < -0.3 is 4.74 Å². The Kier molecular flexibility index (Phi) is 8.61. The van der Waals surface area contributed by atoms with Crippen molar-refractivity contribution < 1.29 is 33.6 Å². The number of Topliss-reactive ketones (excluding diaryl/α,β-unsaturated/α-hetero) is 1. The lowest BCUT2D eigenvalue weighted by Crippen LogP contribution is -2.52. The number of nitro groups is 1. The zero-order chi connectivity index (χ0) is 31.7. The second kappa shape index (κ2) is 12.4. The van der Waals surface area contributed by atoms with Gasteiger partial charge in [0.15, 0.2) is 5.78 Å². The molecule has 44 heavy (non-hydrogen) atoms. The van der Waals surface area contributed by atoms with E-state index in [1.165, 1.54) is 66.7 Å². The summed E-state index contributed by atoms with van der Waals surface area (Å²) in [7, 11) is 0. The number of hydrazine groups is 1. The SMILES string of the molecule is CC1=CC[C@H]2C(=O)N(N(CC(=O)c3ccc(OC(=O)c4ccc([N+](=O)[O-])cc4)cc3)C(=O)c3ccc(Cl)cc3Cl)C(=O)[C@H]2C1. The van der Waals surface area contributed by atoms with Crippen molar-refractivity contribution in [2.75, 3.05) is 6.54 Å². The maximum absolute atomic E-state index is 13.8. The minimum atomic E-state index is -0.835. The Bertz CT molecular complexity index is 1740. The van der Waals surface area contributed by atoms with Gasteiger partial charge in [-0.3, -0.25) is 29.3 Å². The highest BCUT2D eigenvalue weighted by atomic mass is 35.5. The average molecular weight is 636 g/mol. The standard InChI is InChI=1S/C31H23Cl2N3O8/c1-17-2-12-23-25(14-17)30(40)35(29(23)39)34(28(38)24-13-7-20(32)15-26(24)33)16-27(37)18-5-10-22(11-6-18)44-31(41)19-3-8-21(9-4-19)36(42)43/h2-11,13,15,23,25H,12,14,16H2,1H3/t23-,25+/m1/s1. The number of allylic oxidation sites excluding steroid dienone is 2. The number of nitro benzene ring substituents is 1. The van der Waals surface area contributed by atoms with Crippen LogP contribution in [0.1, 0.15) is 50.8 Å². The molecule has 3 amide bonds. The molecule has 0 N–H and O–H groups in total. The average Bonchev–Trinajstić information content (AvgIpc) is 3.24. The van der Waals surface area contributed by atoms with E-state index in [4.69, 9.17) is 27.9 Å². The van der Waals surface area contributed by atoms with Crippen molar-refractivity contribution in [1.29, 1.82) is 0 Å². The van der Waals surface area contributed by atoms with Crippen molar-refractivity contribution in [3.05, 3.63) is 115 Å². The van der Waals surface area contributed by atoms with Gasteiger partial charge in [0, 0.05) is 22.7 Å². The van der Waals surface area contributed by atoms with E-state index < -0.39 is 52.8 Å². The number of fused-ring (bicyclic) bond motifs is 1. The molecule has 1 heterocycles. The van der Waals surface area contributed by atoms with Crippen molar-refractivity contribution in [2.45, 2.75) is 19.8 Å². The van der Waals surface area contributed by atoms with Crippen LogP contribution in [0.15, 0.2) is 78.4 Å². The number of benzene rings is 3. The molecule has 0 aromatic heterocycles. The Balaban J connectivity index is 1.37. The summed E-state index contributed by atoms with van der Waals surface area (Å²) in [6.07, 6.45) is 2.60. The van der Waals surface area contributed by atoms with E-state index in [-0.39, 0.29) is 38.2 Å². The third kappa shape index (κ3) is 6.10. The number of carbonyl (C=O) groups excluding carboxylic acids is 5. The highest BCUT2D eigenvalue weighted by molar-refractivity contribution is 6.36. The molecule has 3 aromatic rings. The molecule has 1 fully saturated rings. The van der Waals surface area contributed by atoms with Crippen molar-refractivity contribution in [3.63, 3.8) is 0 Å². The van der Waals surface area contributed by atoms with E-state index in [1.807, 2.05) is 13.0 Å². The van der Waals surface area contributed by atoms with Crippen LogP contribution in [0.4, 0.5) is 5.69 Å². The second-order valence-corrected chi connectivity index (χ2v) is 11.2. The molecular weight excluding hydrogens is 613 g/mol. The summed E-state index contributed by atoms with van der Waals surface area (Å²) in [6, 6.07) is 14.4. The molecule has 224 valence electrons. The number of rotatable bonds is 8. The third-order valence-electron chi connectivity index (χ3n) is 7.43. The van der Waals surface area contributed by atoms with E-state index in [9.17, 15) is 34.1 Å². The van der Waals surface area contributed by atoms with Crippen LogP contribution in [0.5, 0.6) is 5.75 Å². The van der Waals surface area contributed by atoms with Gasteiger partial charge in [0.2, 0.25) is 0 Å². The molecule has 1 aliphatic heterocycles. The first kappa shape index (κ1) is 30.6. The Morgan fingerprint density at radius 1 is 0.955 bits per heavy atom. The smallest absolute Gasteiger partial charge is 0.343 e. The molecule has 2 aliphatic rings. The molecule has 1 aliphatic carbocycles. The van der Waals surface area contributed by atoms with Crippen LogP contribution in [0.25, 0.3) is 0 Å². The number of esters is 1. The van der Waals surface area contributed by atoms with Gasteiger partial charge >= 0.3 is 5.97 Å². The molecule has 0 spiro atoms. The van der Waals surface area contributed by atoms with Crippen molar-refractivity contribution in [3.8, 4) is 5.75 Å². The van der Waals surface area contributed by atoms with Gasteiger partial charge in [0.1, 0.15) is 12.3 Å². The topological polar surface area (TPSA) is 144 Å². The van der Waals surface area contributed by atoms with Crippen molar-refractivity contribution in [2.24, 2.45) is 11.8 Å². The fraction of sp³-hybridized carbons (Fsp3) is 0.194. The van der Waals surface area contributed by atoms with Gasteiger partial charge in [0.05, 0.1) is 32.9 Å². The zero-order valence-electron chi connectivity index (χ0n) is 23.1. The first-order valence-corrected chi connectivity index (χ1v) is 14.1. The van der Waals surface area contributed by atoms with E-state index in [0.717, 1.165) is 15.6 Å². The number of non-ortho nitro benzene ring substituents is 1. The number of hydrogen-bond acceptors (Lipinski definition) is 8. The molecule has 1 saturated heterocycles. The number of amides is 3. The van der Waals surface area contributed by atoms with Crippen LogP contribution in [0.2, 0.25) is 10.0 Å². The molecular formula is C31H23Cl2N3O8. The van der Waals surface area contributed by atoms with Crippen molar-refractivity contribution in [1.82, 2.24) is 10.0 Å². The molecule has 0 saturated carbocycles. The number of nitrogens with zero attached hydrogens (tertiary/aromatic N) is 3. The Morgan fingerprint density at radius 2 is 1.59 bits per heavy atom. The lowest BCUT2D eigenvalue weighted by molar-refractivity contribution is -0.384. The Labute approximate surface area is 260 Å². The molecule has 13 heteroatoms. The van der Waals surface area contributed by atoms with Crippen LogP contribution >= 0.6 is 23.2 Å². The van der Waals surface area contributed by atoms with Gasteiger partial charge in [0.25, 0.3) is 23.4 Å². The van der Waals surface area contributed by atoms with Crippen LogP contribution in [-0.4, -0.2) is 51.0 Å². The van der Waals surface area contributed by atoms with E-state index in [2.05, 4.69) is 0 Å². The summed E-state index contributed by atoms with van der Waals surface area (Å²) in [6.45, 7) is 1.20. The highest BCUT2D eigenvalue weighted by Crippen LogP contribution is 2.39. The fourth-order valence-electron chi connectivity index (χ4n) is 5.11. The van der Waals surface area contributed by atoms with E-state index >= 15 is 0 Å². The van der Waals surface area contributed by atoms with Gasteiger partial charge in [-0.15, -0.1) is 0 Å². The Hall–Kier alpha value is -4.87. The predicted octanol–water partition coefficient (Wildman–Crippen LogP) is 5.70. The van der Waals surface area contributed by atoms with E-state index in [0.29, 0.717) is 12.8 Å². The molecule has 5 rings (SSSR count). The lowest BCUT2D eigenvalue weighted by atomic mass is 9.82. The van der Waals surface area contributed by atoms with E-state index in [1.54, 1.807) is 0 Å².